The largest absolute Gasteiger partial charge is 0.491 e. The van der Waals surface area contributed by atoms with Crippen molar-refractivity contribution in [2.45, 2.75) is 57.8 Å². The molecule has 154 valence electrons. The normalized spacial score (nSPS) is 23.5. The van der Waals surface area contributed by atoms with Gasteiger partial charge < -0.3 is 14.2 Å². The van der Waals surface area contributed by atoms with Crippen LogP contribution < -0.4 is 4.74 Å². The predicted octanol–water partition coefficient (Wildman–Crippen LogP) is 4.98. The summed E-state index contributed by atoms with van der Waals surface area (Å²) >= 11 is 1.66. The van der Waals surface area contributed by atoms with E-state index in [0.717, 1.165) is 78.4 Å². The molecule has 2 aliphatic heterocycles. The van der Waals surface area contributed by atoms with E-state index >= 15 is 0 Å². The van der Waals surface area contributed by atoms with Gasteiger partial charge in [-0.05, 0) is 57.2 Å². The lowest BCUT2D eigenvalue weighted by Gasteiger charge is -2.23. The zero-order valence-corrected chi connectivity index (χ0v) is 17.6. The molecule has 0 saturated carbocycles. The lowest BCUT2D eigenvalue weighted by atomic mass is 10.1. The molecule has 4 bridgehead atoms. The van der Waals surface area contributed by atoms with Crippen LogP contribution in [-0.2, 0) is 15.9 Å². The summed E-state index contributed by atoms with van der Waals surface area (Å²) in [5, 5.41) is 9.17. The Morgan fingerprint density at radius 1 is 1.10 bits per heavy atom. The molecule has 5 rings (SSSR count). The van der Waals surface area contributed by atoms with Gasteiger partial charge in [0.05, 0.1) is 23.9 Å². The molecule has 1 saturated heterocycles. The first-order chi connectivity index (χ1) is 14.3. The number of nitrogens with zero attached hydrogens (tertiary/aromatic N) is 3. The van der Waals surface area contributed by atoms with Crippen LogP contribution in [0.1, 0.15) is 50.9 Å². The van der Waals surface area contributed by atoms with E-state index in [-0.39, 0.29) is 12.3 Å². The Kier molecular flexibility index (Phi) is 5.52. The highest BCUT2D eigenvalue weighted by Gasteiger charge is 2.23. The third kappa shape index (κ3) is 4.04. The first-order valence-corrected chi connectivity index (χ1v) is 11.5. The van der Waals surface area contributed by atoms with Crippen LogP contribution >= 0.6 is 11.3 Å². The zero-order chi connectivity index (χ0) is 19.6. The Labute approximate surface area is 174 Å². The molecule has 6 nitrogen and oxygen atoms in total. The number of hydrogen-bond acceptors (Lipinski definition) is 6. The van der Waals surface area contributed by atoms with E-state index in [1.165, 1.54) is 6.42 Å². The maximum Gasteiger partial charge on any atom is 0.150 e. The van der Waals surface area contributed by atoms with Crippen molar-refractivity contribution in [1.82, 2.24) is 14.8 Å². The second-order valence-electron chi connectivity index (χ2n) is 7.87. The Balaban J connectivity index is 1.60. The van der Waals surface area contributed by atoms with E-state index < -0.39 is 0 Å². The Morgan fingerprint density at radius 3 is 2.97 bits per heavy atom. The fraction of sp³-hybridized carbons (Fsp3) is 0.545. The van der Waals surface area contributed by atoms with Crippen molar-refractivity contribution in [3.8, 4) is 16.5 Å². The molecule has 3 aromatic rings. The standard InChI is InChI=1S/C22H27N3O3S/c1-15-9-12-26-10-4-5-16-14-29-22(23-16)21-18-13-17(28-15)7-8-19(18)25(24-21)20-6-2-3-11-27-20/h7-8,13-15,20H,2-6,9-12H2,1H3/t15-,20?/m0/s1. The summed E-state index contributed by atoms with van der Waals surface area (Å²) in [6.45, 7) is 4.36. The summed E-state index contributed by atoms with van der Waals surface area (Å²) in [5.41, 5.74) is 3.12. The zero-order valence-electron chi connectivity index (χ0n) is 16.8. The highest BCUT2D eigenvalue weighted by Crippen LogP contribution is 2.36. The molecule has 2 aliphatic rings. The van der Waals surface area contributed by atoms with Crippen LogP contribution in [0, 0.1) is 0 Å². The van der Waals surface area contributed by atoms with Crippen molar-refractivity contribution in [3.05, 3.63) is 29.3 Å². The number of ether oxygens (including phenoxy) is 3. The second kappa shape index (κ2) is 8.42. The van der Waals surface area contributed by atoms with Crippen LogP contribution in [0.2, 0.25) is 0 Å². The summed E-state index contributed by atoms with van der Waals surface area (Å²) in [4.78, 5) is 4.88. The van der Waals surface area contributed by atoms with Gasteiger partial charge in [-0.2, -0.15) is 5.10 Å². The molecule has 1 unspecified atom stereocenters. The Morgan fingerprint density at radius 2 is 2.07 bits per heavy atom. The Bertz CT molecular complexity index is 977. The van der Waals surface area contributed by atoms with Gasteiger partial charge in [0.2, 0.25) is 0 Å². The van der Waals surface area contributed by atoms with Crippen LogP contribution in [0.5, 0.6) is 5.75 Å². The minimum absolute atomic E-state index is 0.00660. The molecule has 0 amide bonds. The molecule has 1 fully saturated rings. The Hall–Kier alpha value is -1.96. The van der Waals surface area contributed by atoms with Gasteiger partial charge in [0.15, 0.2) is 6.23 Å². The average molecular weight is 414 g/mol. The fourth-order valence-corrected chi connectivity index (χ4v) is 4.87. The molecule has 0 N–H and O–H groups in total. The van der Waals surface area contributed by atoms with Gasteiger partial charge in [0.25, 0.3) is 0 Å². The molecule has 2 atom stereocenters. The maximum absolute atomic E-state index is 6.18. The number of rotatable bonds is 1. The van der Waals surface area contributed by atoms with E-state index in [1.807, 2.05) is 6.07 Å². The number of hydrogen-bond donors (Lipinski definition) is 0. The third-order valence-corrected chi connectivity index (χ3v) is 6.49. The quantitative estimate of drug-likeness (QED) is 0.563. The van der Waals surface area contributed by atoms with Gasteiger partial charge in [-0.25, -0.2) is 9.67 Å². The van der Waals surface area contributed by atoms with E-state index in [9.17, 15) is 0 Å². The highest BCUT2D eigenvalue weighted by molar-refractivity contribution is 7.13. The van der Waals surface area contributed by atoms with E-state index in [0.29, 0.717) is 6.61 Å². The van der Waals surface area contributed by atoms with Gasteiger partial charge in [-0.1, -0.05) is 0 Å². The minimum Gasteiger partial charge on any atom is -0.491 e. The predicted molar refractivity (Wildman–Crippen MR) is 114 cm³/mol. The van der Waals surface area contributed by atoms with E-state index in [4.69, 9.17) is 24.3 Å². The van der Waals surface area contributed by atoms with Crippen molar-refractivity contribution in [2.24, 2.45) is 0 Å². The summed E-state index contributed by atoms with van der Waals surface area (Å²) in [6, 6.07) is 6.25. The van der Waals surface area contributed by atoms with Gasteiger partial charge in [-0.15, -0.1) is 11.3 Å². The number of benzene rings is 1. The lowest BCUT2D eigenvalue weighted by Crippen LogP contribution is -2.19. The molecule has 7 heteroatoms. The molecular weight excluding hydrogens is 386 g/mol. The minimum atomic E-state index is -0.00660. The lowest BCUT2D eigenvalue weighted by molar-refractivity contribution is -0.0365. The smallest absolute Gasteiger partial charge is 0.150 e. The van der Waals surface area contributed by atoms with E-state index in [1.54, 1.807) is 11.3 Å². The number of aromatic nitrogens is 3. The monoisotopic (exact) mass is 413 g/mol. The first-order valence-electron chi connectivity index (χ1n) is 10.6. The molecule has 0 radical (unpaired) electrons. The first kappa shape index (κ1) is 19.0. The third-order valence-electron chi connectivity index (χ3n) is 5.59. The maximum atomic E-state index is 6.18. The molecule has 2 aromatic heterocycles. The average Bonchev–Trinajstić information content (AvgIpc) is 3.35. The van der Waals surface area contributed by atoms with Crippen molar-refractivity contribution < 1.29 is 14.2 Å². The molecule has 4 heterocycles. The summed E-state index contributed by atoms with van der Waals surface area (Å²) < 4.78 is 20.0. The fourth-order valence-electron chi connectivity index (χ4n) is 4.02. The van der Waals surface area contributed by atoms with Crippen LogP contribution in [-0.4, -0.2) is 40.7 Å². The highest BCUT2D eigenvalue weighted by atomic mass is 32.1. The summed E-state index contributed by atoms with van der Waals surface area (Å²) in [6.07, 6.45) is 6.16. The molecule has 0 spiro atoms. The SMILES string of the molecule is C[C@H]1CCOCCCc2csc(n2)-c2nn(C3CCCCO3)c3ccc(cc23)O1. The summed E-state index contributed by atoms with van der Waals surface area (Å²) in [7, 11) is 0. The van der Waals surface area contributed by atoms with Crippen LogP contribution in [0.4, 0.5) is 0 Å². The van der Waals surface area contributed by atoms with Crippen molar-refractivity contribution in [2.75, 3.05) is 19.8 Å². The second-order valence-corrected chi connectivity index (χ2v) is 8.73. The molecule has 1 aromatic carbocycles. The van der Waals surface area contributed by atoms with Crippen LogP contribution in [0.3, 0.4) is 0 Å². The topological polar surface area (TPSA) is 58.4 Å². The molecule has 29 heavy (non-hydrogen) atoms. The van der Waals surface area contributed by atoms with Gasteiger partial charge in [0, 0.05) is 30.4 Å². The number of thiazole rings is 1. The van der Waals surface area contributed by atoms with Crippen LogP contribution in [0.15, 0.2) is 23.6 Å². The van der Waals surface area contributed by atoms with Gasteiger partial charge in [0.1, 0.15) is 16.5 Å². The van der Waals surface area contributed by atoms with E-state index in [2.05, 4.69) is 29.1 Å². The summed E-state index contributed by atoms with van der Waals surface area (Å²) in [5.74, 6) is 0.863. The van der Waals surface area contributed by atoms with Crippen molar-refractivity contribution in [1.29, 1.82) is 0 Å². The van der Waals surface area contributed by atoms with Crippen molar-refractivity contribution in [3.63, 3.8) is 0 Å². The van der Waals surface area contributed by atoms with Crippen LogP contribution in [0.25, 0.3) is 21.6 Å². The molecule has 0 aliphatic carbocycles. The number of fused-ring (bicyclic) bond motifs is 4. The van der Waals surface area contributed by atoms with Gasteiger partial charge >= 0.3 is 0 Å². The van der Waals surface area contributed by atoms with Gasteiger partial charge in [-0.3, -0.25) is 0 Å². The number of aryl methyl sites for hydroxylation is 1. The molecular formula is C22H27N3O3S. The van der Waals surface area contributed by atoms with Crippen molar-refractivity contribution >= 4 is 22.2 Å².